The molecule has 6 nitrogen and oxygen atoms in total. The van der Waals surface area contributed by atoms with E-state index in [9.17, 15) is 4.79 Å². The molecule has 1 amide bonds. The van der Waals surface area contributed by atoms with Crippen LogP contribution in [0.3, 0.4) is 0 Å². The van der Waals surface area contributed by atoms with E-state index in [1.165, 1.54) is 0 Å². The van der Waals surface area contributed by atoms with E-state index >= 15 is 0 Å². The van der Waals surface area contributed by atoms with Gasteiger partial charge in [-0.15, -0.1) is 21.5 Å². The third kappa shape index (κ3) is 5.09. The van der Waals surface area contributed by atoms with E-state index in [1.807, 2.05) is 52.4 Å². The van der Waals surface area contributed by atoms with Crippen LogP contribution < -0.4 is 10.5 Å². The normalized spacial score (nSPS) is 10.8. The maximum Gasteiger partial charge on any atom is 0.219 e. The van der Waals surface area contributed by atoms with Crippen molar-refractivity contribution in [3.05, 3.63) is 47.8 Å². The number of hydrogen-bond acceptors (Lipinski definition) is 6. The van der Waals surface area contributed by atoms with Gasteiger partial charge in [0.25, 0.3) is 0 Å². The zero-order chi connectivity index (χ0) is 18.2. The molecule has 0 spiro atoms. The minimum Gasteiger partial charge on any atom is -0.494 e. The van der Waals surface area contributed by atoms with Crippen molar-refractivity contribution in [3.63, 3.8) is 0 Å². The van der Waals surface area contributed by atoms with Crippen LogP contribution in [0.5, 0.6) is 5.75 Å². The second kappa shape index (κ2) is 9.40. The summed E-state index contributed by atoms with van der Waals surface area (Å²) in [7, 11) is 0. The van der Waals surface area contributed by atoms with Crippen LogP contribution >= 0.6 is 23.1 Å². The lowest BCUT2D eigenvalue weighted by atomic mass is 10.3. The van der Waals surface area contributed by atoms with E-state index in [4.69, 9.17) is 10.5 Å². The second-order valence-corrected chi connectivity index (χ2v) is 7.52. The van der Waals surface area contributed by atoms with Crippen molar-refractivity contribution < 1.29 is 9.53 Å². The smallest absolute Gasteiger partial charge is 0.219 e. The summed E-state index contributed by atoms with van der Waals surface area (Å²) < 4.78 is 7.67. The molecule has 136 valence electrons. The summed E-state index contributed by atoms with van der Waals surface area (Å²) in [5.74, 6) is 2.18. The highest BCUT2D eigenvalue weighted by Crippen LogP contribution is 2.27. The number of ether oxygens (including phenoxy) is 1. The Bertz CT molecular complexity index is 819. The number of amides is 1. The number of carbonyl (C=O) groups excluding carboxylic acids is 1. The van der Waals surface area contributed by atoms with E-state index < -0.39 is 0 Å². The SMILES string of the molecule is NC(=O)CCn1c(SCCCOc2ccccc2)nnc1-c1cccs1. The van der Waals surface area contributed by atoms with Gasteiger partial charge in [-0.1, -0.05) is 36.0 Å². The van der Waals surface area contributed by atoms with E-state index in [-0.39, 0.29) is 12.3 Å². The van der Waals surface area contributed by atoms with Crippen molar-refractivity contribution in [2.75, 3.05) is 12.4 Å². The van der Waals surface area contributed by atoms with E-state index in [2.05, 4.69) is 10.2 Å². The number of benzene rings is 1. The van der Waals surface area contributed by atoms with Crippen LogP contribution in [0.1, 0.15) is 12.8 Å². The molecule has 0 saturated heterocycles. The molecule has 3 aromatic rings. The molecule has 3 rings (SSSR count). The van der Waals surface area contributed by atoms with Crippen molar-refractivity contribution in [1.29, 1.82) is 0 Å². The fourth-order valence-corrected chi connectivity index (χ4v) is 3.93. The molecule has 0 aliphatic rings. The summed E-state index contributed by atoms with van der Waals surface area (Å²) in [6.07, 6.45) is 1.15. The molecule has 0 saturated carbocycles. The molecule has 2 heterocycles. The van der Waals surface area contributed by atoms with Gasteiger partial charge in [0.1, 0.15) is 5.75 Å². The monoisotopic (exact) mass is 388 g/mol. The Morgan fingerprint density at radius 2 is 2.04 bits per heavy atom. The van der Waals surface area contributed by atoms with Crippen molar-refractivity contribution >= 4 is 29.0 Å². The van der Waals surface area contributed by atoms with Crippen LogP contribution in [-0.2, 0) is 11.3 Å². The summed E-state index contributed by atoms with van der Waals surface area (Å²) in [4.78, 5) is 12.2. The van der Waals surface area contributed by atoms with Gasteiger partial charge in [0, 0.05) is 18.7 Å². The van der Waals surface area contributed by atoms with Crippen molar-refractivity contribution in [2.45, 2.75) is 24.5 Å². The lowest BCUT2D eigenvalue weighted by Gasteiger charge is -2.08. The molecule has 8 heteroatoms. The van der Waals surface area contributed by atoms with Gasteiger partial charge in [-0.25, -0.2) is 0 Å². The predicted octanol–water partition coefficient (Wildman–Crippen LogP) is 3.44. The van der Waals surface area contributed by atoms with E-state index in [0.29, 0.717) is 13.2 Å². The van der Waals surface area contributed by atoms with Crippen molar-refractivity contribution in [3.8, 4) is 16.5 Å². The van der Waals surface area contributed by atoms with Crippen LogP contribution in [0.2, 0.25) is 0 Å². The quantitative estimate of drug-likeness (QED) is 0.425. The van der Waals surface area contributed by atoms with Crippen LogP contribution in [0.4, 0.5) is 0 Å². The molecular weight excluding hydrogens is 368 g/mol. The minimum absolute atomic E-state index is 0.265. The predicted molar refractivity (Wildman–Crippen MR) is 104 cm³/mol. The van der Waals surface area contributed by atoms with Gasteiger partial charge < -0.3 is 15.0 Å². The number of para-hydroxylation sites is 1. The van der Waals surface area contributed by atoms with Crippen LogP contribution in [0.15, 0.2) is 53.0 Å². The van der Waals surface area contributed by atoms with Crippen LogP contribution in [0.25, 0.3) is 10.7 Å². The summed E-state index contributed by atoms with van der Waals surface area (Å²) in [6.45, 7) is 1.13. The number of carbonyl (C=O) groups is 1. The third-order valence-electron chi connectivity index (χ3n) is 3.57. The summed E-state index contributed by atoms with van der Waals surface area (Å²) >= 11 is 3.21. The summed E-state index contributed by atoms with van der Waals surface area (Å²) in [5, 5.41) is 11.4. The molecular formula is C18H20N4O2S2. The van der Waals surface area contributed by atoms with Crippen molar-refractivity contribution in [2.24, 2.45) is 5.73 Å². The molecule has 0 unspecified atom stereocenters. The van der Waals surface area contributed by atoms with Gasteiger partial charge >= 0.3 is 0 Å². The van der Waals surface area contributed by atoms with Gasteiger partial charge in [-0.05, 0) is 30.0 Å². The molecule has 1 aromatic carbocycles. The Balaban J connectivity index is 1.57. The second-order valence-electron chi connectivity index (χ2n) is 5.51. The lowest BCUT2D eigenvalue weighted by Crippen LogP contribution is -2.15. The van der Waals surface area contributed by atoms with Gasteiger partial charge in [-0.3, -0.25) is 4.79 Å². The zero-order valence-corrected chi connectivity index (χ0v) is 15.8. The molecule has 2 aromatic heterocycles. The highest BCUT2D eigenvalue weighted by atomic mass is 32.2. The average Bonchev–Trinajstić information content (AvgIpc) is 3.30. The third-order valence-corrected chi connectivity index (χ3v) is 5.49. The van der Waals surface area contributed by atoms with Gasteiger partial charge in [0.15, 0.2) is 11.0 Å². The Morgan fingerprint density at radius 3 is 2.77 bits per heavy atom. The molecule has 0 radical (unpaired) electrons. The first-order valence-electron chi connectivity index (χ1n) is 8.30. The van der Waals surface area contributed by atoms with Crippen LogP contribution in [-0.4, -0.2) is 33.0 Å². The molecule has 0 aliphatic heterocycles. The highest BCUT2D eigenvalue weighted by molar-refractivity contribution is 7.99. The first-order chi connectivity index (χ1) is 12.7. The Morgan fingerprint density at radius 1 is 1.19 bits per heavy atom. The van der Waals surface area contributed by atoms with Gasteiger partial charge in [0.05, 0.1) is 11.5 Å². The lowest BCUT2D eigenvalue weighted by molar-refractivity contribution is -0.118. The Kier molecular flexibility index (Phi) is 6.68. The van der Waals surface area contributed by atoms with E-state index in [0.717, 1.165) is 33.8 Å². The molecule has 0 atom stereocenters. The van der Waals surface area contributed by atoms with Gasteiger partial charge in [-0.2, -0.15) is 0 Å². The van der Waals surface area contributed by atoms with Gasteiger partial charge in [0.2, 0.25) is 5.91 Å². The Labute approximate surface area is 160 Å². The largest absolute Gasteiger partial charge is 0.494 e. The maximum absolute atomic E-state index is 11.2. The highest BCUT2D eigenvalue weighted by Gasteiger charge is 2.15. The molecule has 0 fully saturated rings. The number of nitrogens with two attached hydrogens (primary N) is 1. The number of rotatable bonds is 10. The first-order valence-corrected chi connectivity index (χ1v) is 10.2. The number of aromatic nitrogens is 3. The molecule has 26 heavy (non-hydrogen) atoms. The fourth-order valence-electron chi connectivity index (χ4n) is 2.34. The summed E-state index contributed by atoms with van der Waals surface area (Å²) in [5.41, 5.74) is 5.31. The zero-order valence-electron chi connectivity index (χ0n) is 14.2. The first kappa shape index (κ1) is 18.5. The maximum atomic E-state index is 11.2. The van der Waals surface area contributed by atoms with E-state index in [1.54, 1.807) is 23.1 Å². The molecule has 0 aliphatic carbocycles. The standard InChI is InChI=1S/C18H20N4O2S2/c19-16(23)9-10-22-17(15-8-4-12-25-15)20-21-18(22)26-13-5-11-24-14-6-2-1-3-7-14/h1-4,6-8,12H,5,9-11,13H2,(H2,19,23). The van der Waals surface area contributed by atoms with Crippen molar-refractivity contribution in [1.82, 2.24) is 14.8 Å². The summed E-state index contributed by atoms with van der Waals surface area (Å²) in [6, 6.07) is 13.7. The number of nitrogens with zero attached hydrogens (tertiary/aromatic N) is 3. The van der Waals surface area contributed by atoms with Crippen LogP contribution in [0, 0.1) is 0 Å². The average molecular weight is 389 g/mol. The molecule has 0 bridgehead atoms. The number of thioether (sulfide) groups is 1. The number of primary amides is 1. The topological polar surface area (TPSA) is 83.0 Å². The molecule has 2 N–H and O–H groups in total. The fraction of sp³-hybridized carbons (Fsp3) is 0.278. The Hall–Kier alpha value is -2.32. The number of hydrogen-bond donors (Lipinski definition) is 1. The minimum atomic E-state index is -0.331. The number of thiophene rings is 1.